The van der Waals surface area contributed by atoms with E-state index in [-0.39, 0.29) is 33.7 Å². The fourth-order valence-electron chi connectivity index (χ4n) is 3.14. The minimum atomic E-state index is -0.620. The summed E-state index contributed by atoms with van der Waals surface area (Å²) in [5, 5.41) is 4.81. The number of carbonyl (C=O) groups is 5. The van der Waals surface area contributed by atoms with Gasteiger partial charge in [0, 0.05) is 18.3 Å². The second-order valence-electron chi connectivity index (χ2n) is 7.80. The SMILES string of the molecule is CCCCOC(=O)c1cc(NC(=O)CN2C(=O)S/C(=C\c3ccc(NC(C)=O)cc3)C2=O)ccc1Cl. The highest BCUT2D eigenvalue weighted by molar-refractivity contribution is 8.18. The molecular weight excluding hydrogens is 506 g/mol. The summed E-state index contributed by atoms with van der Waals surface area (Å²) in [7, 11) is 0. The fraction of sp³-hybridized carbons (Fsp3) is 0.240. The van der Waals surface area contributed by atoms with Crippen molar-refractivity contribution in [3.63, 3.8) is 0 Å². The van der Waals surface area contributed by atoms with E-state index in [1.807, 2.05) is 6.92 Å². The standard InChI is InChI=1S/C25H24ClN3O6S/c1-3-4-11-35-24(33)19-13-18(9-10-20(19)26)28-22(31)14-29-23(32)21(36-25(29)34)12-16-5-7-17(8-6-16)27-15(2)30/h5-10,12-13H,3-4,11,14H2,1-2H3,(H,27,30)(H,28,31)/b21-12-. The number of halogens is 1. The lowest BCUT2D eigenvalue weighted by Crippen LogP contribution is -2.36. The lowest BCUT2D eigenvalue weighted by atomic mass is 10.2. The molecule has 1 fully saturated rings. The summed E-state index contributed by atoms with van der Waals surface area (Å²) in [5.74, 6) is -2.03. The topological polar surface area (TPSA) is 122 Å². The molecule has 4 amide bonds. The van der Waals surface area contributed by atoms with Gasteiger partial charge in [0.15, 0.2) is 0 Å². The number of nitrogens with one attached hydrogen (secondary N) is 2. The minimum Gasteiger partial charge on any atom is -0.462 e. The normalized spacial score (nSPS) is 14.2. The van der Waals surface area contributed by atoms with Crippen LogP contribution in [0.4, 0.5) is 16.2 Å². The average molecular weight is 530 g/mol. The molecule has 3 rings (SSSR count). The number of esters is 1. The molecule has 1 aliphatic rings. The monoisotopic (exact) mass is 529 g/mol. The average Bonchev–Trinajstić information content (AvgIpc) is 3.08. The second-order valence-corrected chi connectivity index (χ2v) is 9.20. The van der Waals surface area contributed by atoms with Crippen molar-refractivity contribution in [2.75, 3.05) is 23.8 Å². The van der Waals surface area contributed by atoms with Crippen LogP contribution in [0.5, 0.6) is 0 Å². The molecule has 0 bridgehead atoms. The van der Waals surface area contributed by atoms with E-state index < -0.39 is 29.6 Å². The molecule has 11 heteroatoms. The summed E-state index contributed by atoms with van der Waals surface area (Å²) in [5.41, 5.74) is 1.63. The molecule has 0 aliphatic carbocycles. The van der Waals surface area contributed by atoms with Crippen LogP contribution in [0.3, 0.4) is 0 Å². The molecule has 0 aromatic heterocycles. The number of unbranched alkanes of at least 4 members (excludes halogenated alkanes) is 1. The summed E-state index contributed by atoms with van der Waals surface area (Å²) >= 11 is 6.82. The van der Waals surface area contributed by atoms with Crippen LogP contribution in [0.25, 0.3) is 6.08 Å². The largest absolute Gasteiger partial charge is 0.462 e. The minimum absolute atomic E-state index is 0.101. The van der Waals surface area contributed by atoms with E-state index in [1.54, 1.807) is 24.3 Å². The Morgan fingerprint density at radius 3 is 2.42 bits per heavy atom. The van der Waals surface area contributed by atoms with Gasteiger partial charge in [-0.25, -0.2) is 4.79 Å². The summed E-state index contributed by atoms with van der Waals surface area (Å²) in [6.07, 6.45) is 3.12. The van der Waals surface area contributed by atoms with Crippen molar-refractivity contribution in [2.24, 2.45) is 0 Å². The predicted octanol–water partition coefficient (Wildman–Crippen LogP) is 4.93. The summed E-state index contributed by atoms with van der Waals surface area (Å²) in [4.78, 5) is 62.1. The number of carbonyl (C=O) groups excluding carboxylic acids is 5. The predicted molar refractivity (Wildman–Crippen MR) is 139 cm³/mol. The fourth-order valence-corrected chi connectivity index (χ4v) is 4.18. The van der Waals surface area contributed by atoms with Crippen molar-refractivity contribution in [1.82, 2.24) is 4.90 Å². The van der Waals surface area contributed by atoms with Gasteiger partial charge < -0.3 is 15.4 Å². The molecule has 0 spiro atoms. The van der Waals surface area contributed by atoms with Gasteiger partial charge in [0.05, 0.1) is 22.1 Å². The Balaban J connectivity index is 1.64. The number of benzene rings is 2. The van der Waals surface area contributed by atoms with Crippen LogP contribution >= 0.6 is 23.4 Å². The van der Waals surface area contributed by atoms with E-state index in [4.69, 9.17) is 16.3 Å². The van der Waals surface area contributed by atoms with Crippen molar-refractivity contribution >= 4 is 69.7 Å². The molecule has 1 saturated heterocycles. The summed E-state index contributed by atoms with van der Waals surface area (Å²) in [6, 6.07) is 11.1. The molecule has 9 nitrogen and oxygen atoms in total. The Morgan fingerprint density at radius 1 is 1.06 bits per heavy atom. The molecule has 2 aromatic carbocycles. The van der Waals surface area contributed by atoms with Gasteiger partial charge in [-0.05, 0) is 60.2 Å². The first-order valence-electron chi connectivity index (χ1n) is 11.1. The Kier molecular flexibility index (Phi) is 9.26. The number of amides is 4. The highest BCUT2D eigenvalue weighted by Crippen LogP contribution is 2.32. The van der Waals surface area contributed by atoms with Crippen LogP contribution in [-0.4, -0.2) is 47.0 Å². The zero-order valence-electron chi connectivity index (χ0n) is 19.6. The molecule has 188 valence electrons. The van der Waals surface area contributed by atoms with Crippen molar-refractivity contribution in [3.8, 4) is 0 Å². The Morgan fingerprint density at radius 2 is 1.75 bits per heavy atom. The van der Waals surface area contributed by atoms with Crippen molar-refractivity contribution < 1.29 is 28.7 Å². The van der Waals surface area contributed by atoms with Crippen LogP contribution in [0.15, 0.2) is 47.4 Å². The van der Waals surface area contributed by atoms with E-state index in [0.29, 0.717) is 17.7 Å². The number of imide groups is 1. The number of hydrogen-bond donors (Lipinski definition) is 2. The molecule has 1 aliphatic heterocycles. The smallest absolute Gasteiger partial charge is 0.339 e. The molecule has 0 atom stereocenters. The number of anilines is 2. The molecular formula is C25H24ClN3O6S. The highest BCUT2D eigenvalue weighted by atomic mass is 35.5. The zero-order chi connectivity index (χ0) is 26.2. The number of ether oxygens (including phenoxy) is 1. The van der Waals surface area contributed by atoms with Gasteiger partial charge in [0.1, 0.15) is 6.54 Å². The molecule has 0 saturated carbocycles. The number of hydrogen-bond acceptors (Lipinski definition) is 7. The van der Waals surface area contributed by atoms with E-state index >= 15 is 0 Å². The first-order valence-corrected chi connectivity index (χ1v) is 12.3. The van der Waals surface area contributed by atoms with E-state index in [9.17, 15) is 24.0 Å². The molecule has 2 aromatic rings. The van der Waals surface area contributed by atoms with Gasteiger partial charge in [0.25, 0.3) is 11.1 Å². The van der Waals surface area contributed by atoms with Gasteiger partial charge >= 0.3 is 5.97 Å². The maximum atomic E-state index is 12.7. The van der Waals surface area contributed by atoms with Crippen LogP contribution in [0.1, 0.15) is 42.6 Å². The highest BCUT2D eigenvalue weighted by Gasteiger charge is 2.36. The quantitative estimate of drug-likeness (QED) is 0.268. The van der Waals surface area contributed by atoms with Crippen LogP contribution < -0.4 is 10.6 Å². The number of thioether (sulfide) groups is 1. The summed E-state index contributed by atoms with van der Waals surface area (Å²) in [6.45, 7) is 3.13. The third kappa shape index (κ3) is 7.19. The Labute approximate surface area is 217 Å². The van der Waals surface area contributed by atoms with E-state index in [1.165, 1.54) is 31.2 Å². The lowest BCUT2D eigenvalue weighted by Gasteiger charge is -2.13. The number of nitrogens with zero attached hydrogens (tertiary/aromatic N) is 1. The first kappa shape index (κ1) is 27.0. The molecule has 0 radical (unpaired) electrons. The van der Waals surface area contributed by atoms with E-state index in [0.717, 1.165) is 23.1 Å². The van der Waals surface area contributed by atoms with Gasteiger partial charge in [-0.1, -0.05) is 37.1 Å². The maximum absolute atomic E-state index is 12.7. The van der Waals surface area contributed by atoms with Crippen molar-refractivity contribution in [3.05, 3.63) is 63.5 Å². The first-order chi connectivity index (χ1) is 17.2. The molecule has 2 N–H and O–H groups in total. The van der Waals surface area contributed by atoms with E-state index in [2.05, 4.69) is 10.6 Å². The second kappa shape index (κ2) is 12.4. The van der Waals surface area contributed by atoms with Crippen LogP contribution in [0.2, 0.25) is 5.02 Å². The van der Waals surface area contributed by atoms with Gasteiger partial charge in [-0.15, -0.1) is 0 Å². The molecule has 1 heterocycles. The molecule has 36 heavy (non-hydrogen) atoms. The van der Waals surface area contributed by atoms with Crippen LogP contribution in [0, 0.1) is 0 Å². The summed E-state index contributed by atoms with van der Waals surface area (Å²) < 4.78 is 5.17. The van der Waals surface area contributed by atoms with Crippen molar-refractivity contribution in [2.45, 2.75) is 26.7 Å². The zero-order valence-corrected chi connectivity index (χ0v) is 21.2. The maximum Gasteiger partial charge on any atom is 0.339 e. The Hall–Kier alpha value is -3.63. The molecule has 0 unspecified atom stereocenters. The van der Waals surface area contributed by atoms with Crippen LogP contribution in [-0.2, 0) is 19.1 Å². The van der Waals surface area contributed by atoms with Gasteiger partial charge in [-0.2, -0.15) is 0 Å². The third-order valence-electron chi connectivity index (χ3n) is 4.91. The third-order valence-corrected chi connectivity index (χ3v) is 6.14. The van der Waals surface area contributed by atoms with Gasteiger partial charge in [0.2, 0.25) is 11.8 Å². The number of rotatable bonds is 9. The van der Waals surface area contributed by atoms with Gasteiger partial charge in [-0.3, -0.25) is 24.1 Å². The van der Waals surface area contributed by atoms with Crippen molar-refractivity contribution in [1.29, 1.82) is 0 Å². The Bertz CT molecular complexity index is 1230. The lowest BCUT2D eigenvalue weighted by molar-refractivity contribution is -0.127.